The third-order valence-corrected chi connectivity index (χ3v) is 8.81. The number of Topliss-reactive ketones (excluding diaryl/α,β-unsaturated/α-hetero) is 1. The number of carbonyl (C=O) groups excluding carboxylic acids is 5. The summed E-state index contributed by atoms with van der Waals surface area (Å²) < 4.78 is 1.61. The average Bonchev–Trinajstić information content (AvgIpc) is 3.38. The van der Waals surface area contributed by atoms with E-state index in [0.717, 1.165) is 35.7 Å². The lowest BCUT2D eigenvalue weighted by Gasteiger charge is -2.39. The van der Waals surface area contributed by atoms with E-state index in [1.807, 2.05) is 45.0 Å². The third kappa shape index (κ3) is 7.78. The fourth-order valence-electron chi connectivity index (χ4n) is 6.21. The Kier molecular flexibility index (Phi) is 11.4. The molecule has 2 unspecified atom stereocenters. The van der Waals surface area contributed by atoms with Crippen LogP contribution in [0.4, 0.5) is 0 Å². The first-order valence-electron chi connectivity index (χ1n) is 16.0. The Morgan fingerprint density at radius 2 is 1.68 bits per heavy atom. The number of aromatic nitrogens is 1. The van der Waals surface area contributed by atoms with Crippen molar-refractivity contribution < 1.29 is 28.8 Å². The molecule has 0 aliphatic carbocycles. The van der Waals surface area contributed by atoms with Crippen molar-refractivity contribution in [3.63, 3.8) is 0 Å². The maximum absolute atomic E-state index is 13.9. The van der Waals surface area contributed by atoms with Crippen LogP contribution in [0.5, 0.6) is 0 Å². The van der Waals surface area contributed by atoms with Crippen molar-refractivity contribution in [3.8, 4) is 0 Å². The number of hydrogen-bond acceptors (Lipinski definition) is 6. The Morgan fingerprint density at radius 1 is 0.955 bits per heavy atom. The molecule has 2 aromatic rings. The van der Waals surface area contributed by atoms with Gasteiger partial charge in [0.15, 0.2) is 0 Å². The minimum Gasteiger partial charge on any atom is -0.417 e. The van der Waals surface area contributed by atoms with Crippen LogP contribution >= 0.6 is 0 Å². The molecule has 2 saturated heterocycles. The Morgan fingerprint density at radius 3 is 2.41 bits per heavy atom. The third-order valence-electron chi connectivity index (χ3n) is 8.81. The molecule has 4 rings (SSSR count). The topological polar surface area (TPSA) is 139 Å². The van der Waals surface area contributed by atoms with Crippen LogP contribution < -0.4 is 20.8 Å². The molecule has 11 heteroatoms. The van der Waals surface area contributed by atoms with Crippen LogP contribution in [0.1, 0.15) is 84.1 Å². The molecule has 3 heterocycles. The van der Waals surface area contributed by atoms with Crippen molar-refractivity contribution in [3.05, 3.63) is 36.0 Å². The van der Waals surface area contributed by atoms with Crippen molar-refractivity contribution in [1.29, 1.82) is 0 Å². The standard InChI is InChI=1S/C33H47N5O6/c1-5-23(39)13-7-6-8-15-25-30(40)35-26(19-22-20-38(44-4)27-16-10-9-14-24(22)27)31(41)36-29(21(2)3)33(43)37-18-12-11-17-28(37)32(42)34-25/h9-10,14,16,20-21,25-26,28-29H,5-8,11-13,15,17-19H2,1-4H3,(H,34,42)(H,35,40)(H,36,41)/t25?,26-,28+,29?/m0/s1. The normalized spacial score (nSPS) is 23.3. The van der Waals surface area contributed by atoms with Crippen LogP contribution in [0, 0.1) is 5.92 Å². The first-order valence-corrected chi connectivity index (χ1v) is 16.0. The summed E-state index contributed by atoms with van der Waals surface area (Å²) in [6.07, 6.45) is 7.41. The molecule has 0 bridgehead atoms. The number of nitrogens with zero attached hydrogens (tertiary/aromatic N) is 2. The molecule has 2 fully saturated rings. The quantitative estimate of drug-likeness (QED) is 0.335. The number of rotatable bonds is 11. The number of ketones is 1. The van der Waals surface area contributed by atoms with Gasteiger partial charge in [0.1, 0.15) is 37.1 Å². The summed E-state index contributed by atoms with van der Waals surface area (Å²) in [6.45, 7) is 5.98. The summed E-state index contributed by atoms with van der Waals surface area (Å²) >= 11 is 0. The lowest BCUT2D eigenvalue weighted by molar-refractivity contribution is -0.147. The lowest BCUT2D eigenvalue weighted by Crippen LogP contribution is -2.64. The van der Waals surface area contributed by atoms with Crippen molar-refractivity contribution in [2.24, 2.45) is 5.92 Å². The fourth-order valence-corrected chi connectivity index (χ4v) is 6.21. The molecule has 1 aromatic carbocycles. The van der Waals surface area contributed by atoms with Gasteiger partial charge in [0.25, 0.3) is 0 Å². The SMILES string of the molecule is CCC(=O)CCCCCC1NC(=O)[C@H]2CCCCN2C(=O)C(C(C)C)NC(=O)[C@H](Cc2cn(OC)c3ccccc23)NC1=O. The Bertz CT molecular complexity index is 1350. The molecule has 0 radical (unpaired) electrons. The first-order chi connectivity index (χ1) is 21.1. The zero-order valence-electron chi connectivity index (χ0n) is 26.4. The van der Waals surface area contributed by atoms with Gasteiger partial charge in [0, 0.05) is 37.4 Å². The van der Waals surface area contributed by atoms with Gasteiger partial charge in [-0.3, -0.25) is 24.0 Å². The van der Waals surface area contributed by atoms with Crippen molar-refractivity contribution in [2.45, 2.75) is 109 Å². The summed E-state index contributed by atoms with van der Waals surface area (Å²) in [5.74, 6) is -1.59. The predicted octanol–water partition coefficient (Wildman–Crippen LogP) is 2.68. The van der Waals surface area contributed by atoms with E-state index in [1.165, 1.54) is 0 Å². The van der Waals surface area contributed by atoms with E-state index in [0.29, 0.717) is 45.1 Å². The monoisotopic (exact) mass is 609 g/mol. The number of benzene rings is 1. The maximum Gasteiger partial charge on any atom is 0.246 e. The Balaban J connectivity index is 1.65. The smallest absolute Gasteiger partial charge is 0.246 e. The highest BCUT2D eigenvalue weighted by atomic mass is 16.6. The summed E-state index contributed by atoms with van der Waals surface area (Å²) in [7, 11) is 1.55. The van der Waals surface area contributed by atoms with E-state index in [1.54, 1.807) is 22.9 Å². The summed E-state index contributed by atoms with van der Waals surface area (Å²) in [5, 5.41) is 9.66. The van der Waals surface area contributed by atoms with E-state index < -0.39 is 36.0 Å². The Hall–Kier alpha value is -3.89. The number of unbranched alkanes of at least 4 members (excludes halogenated alkanes) is 2. The molecule has 4 amide bonds. The van der Waals surface area contributed by atoms with Gasteiger partial charge in [-0.2, -0.15) is 4.73 Å². The Labute approximate surface area is 259 Å². The van der Waals surface area contributed by atoms with Gasteiger partial charge in [0.05, 0.1) is 5.52 Å². The molecule has 240 valence electrons. The van der Waals surface area contributed by atoms with Crippen LogP contribution in [0.3, 0.4) is 0 Å². The fraction of sp³-hybridized carbons (Fsp3) is 0.606. The molecular formula is C33H47N5O6. The maximum atomic E-state index is 13.9. The molecule has 2 aliphatic heterocycles. The second-order valence-corrected chi connectivity index (χ2v) is 12.3. The molecular weight excluding hydrogens is 562 g/mol. The second-order valence-electron chi connectivity index (χ2n) is 12.3. The number of fused-ring (bicyclic) bond motifs is 2. The van der Waals surface area contributed by atoms with Gasteiger partial charge >= 0.3 is 0 Å². The van der Waals surface area contributed by atoms with Crippen molar-refractivity contribution in [2.75, 3.05) is 13.7 Å². The van der Waals surface area contributed by atoms with E-state index in [9.17, 15) is 24.0 Å². The molecule has 4 atom stereocenters. The van der Waals surface area contributed by atoms with E-state index in [4.69, 9.17) is 4.84 Å². The molecule has 3 N–H and O–H groups in total. The molecule has 44 heavy (non-hydrogen) atoms. The lowest BCUT2D eigenvalue weighted by atomic mass is 9.95. The van der Waals surface area contributed by atoms with Gasteiger partial charge in [-0.25, -0.2) is 0 Å². The van der Waals surface area contributed by atoms with E-state index >= 15 is 0 Å². The number of piperidine rings is 1. The number of amides is 4. The van der Waals surface area contributed by atoms with E-state index in [2.05, 4.69) is 16.0 Å². The highest BCUT2D eigenvalue weighted by molar-refractivity contribution is 5.98. The van der Waals surface area contributed by atoms with Crippen LogP contribution in [0.15, 0.2) is 30.5 Å². The number of para-hydroxylation sites is 1. The van der Waals surface area contributed by atoms with Crippen LogP contribution in [-0.2, 0) is 30.4 Å². The van der Waals surface area contributed by atoms with Gasteiger partial charge < -0.3 is 25.7 Å². The van der Waals surface area contributed by atoms with Gasteiger partial charge in [-0.05, 0) is 49.7 Å². The first kappa shape index (κ1) is 33.0. The average molecular weight is 610 g/mol. The molecule has 11 nitrogen and oxygen atoms in total. The zero-order chi connectivity index (χ0) is 31.8. The predicted molar refractivity (Wildman–Crippen MR) is 167 cm³/mol. The van der Waals surface area contributed by atoms with Crippen LogP contribution in [0.25, 0.3) is 10.9 Å². The molecule has 1 aromatic heterocycles. The van der Waals surface area contributed by atoms with Gasteiger partial charge in [0.2, 0.25) is 23.6 Å². The summed E-state index contributed by atoms with van der Waals surface area (Å²) in [4.78, 5) is 74.1. The summed E-state index contributed by atoms with van der Waals surface area (Å²) in [6, 6.07) is 4.17. The van der Waals surface area contributed by atoms with Gasteiger partial charge in [-0.1, -0.05) is 51.8 Å². The minimum absolute atomic E-state index is 0.152. The number of nitrogens with one attached hydrogen (secondary N) is 3. The number of hydrogen-bond donors (Lipinski definition) is 3. The summed E-state index contributed by atoms with van der Waals surface area (Å²) in [5.41, 5.74) is 1.61. The van der Waals surface area contributed by atoms with Crippen molar-refractivity contribution >= 4 is 40.3 Å². The zero-order valence-corrected chi connectivity index (χ0v) is 26.4. The molecule has 0 saturated carbocycles. The highest BCUT2D eigenvalue weighted by Crippen LogP contribution is 2.24. The number of carbonyl (C=O) groups is 5. The van der Waals surface area contributed by atoms with Crippen molar-refractivity contribution in [1.82, 2.24) is 25.6 Å². The van der Waals surface area contributed by atoms with E-state index in [-0.39, 0.29) is 29.9 Å². The van der Waals surface area contributed by atoms with Gasteiger partial charge in [-0.15, -0.1) is 0 Å². The molecule has 0 spiro atoms. The van der Waals surface area contributed by atoms with Crippen LogP contribution in [0.2, 0.25) is 0 Å². The van der Waals surface area contributed by atoms with Crippen LogP contribution in [-0.4, -0.2) is 76.9 Å². The minimum atomic E-state index is -1.01. The largest absolute Gasteiger partial charge is 0.417 e. The highest BCUT2D eigenvalue weighted by Gasteiger charge is 2.40. The second kappa shape index (κ2) is 15.2. The molecule has 2 aliphatic rings.